The van der Waals surface area contributed by atoms with Crippen LogP contribution in [0.4, 0.5) is 0 Å². The summed E-state index contributed by atoms with van der Waals surface area (Å²) in [7, 11) is 0. The average molecular weight is 306 g/mol. The quantitative estimate of drug-likeness (QED) is 0.275. The van der Waals surface area contributed by atoms with Gasteiger partial charge in [0.1, 0.15) is 6.61 Å². The van der Waals surface area contributed by atoms with Crippen molar-refractivity contribution in [1.82, 2.24) is 0 Å². The van der Waals surface area contributed by atoms with Crippen LogP contribution in [-0.4, -0.2) is 19.0 Å². The zero-order chi connectivity index (χ0) is 15.7. The van der Waals surface area contributed by atoms with E-state index in [0.717, 1.165) is 19.0 Å². The lowest BCUT2D eigenvalue weighted by atomic mass is 10.1. The van der Waals surface area contributed by atoms with E-state index < -0.39 is 0 Å². The fourth-order valence-corrected chi connectivity index (χ4v) is 2.69. The van der Waals surface area contributed by atoms with Crippen LogP contribution < -0.4 is 0 Å². The lowest BCUT2D eigenvalue weighted by Crippen LogP contribution is -1.92. The number of rotatable bonds is 14. The molecule has 0 aromatic heterocycles. The fourth-order valence-electron chi connectivity index (χ4n) is 2.69. The minimum atomic E-state index is 0.738. The number of aliphatic imine (C=N–C) groups is 1. The second-order valence-corrected chi connectivity index (χ2v) is 6.18. The van der Waals surface area contributed by atoms with E-state index in [1.165, 1.54) is 77.0 Å². The summed E-state index contributed by atoms with van der Waals surface area (Å²) in [5, 5.41) is 0. The molecule has 0 saturated heterocycles. The summed E-state index contributed by atoms with van der Waals surface area (Å²) in [5.41, 5.74) is 0. The van der Waals surface area contributed by atoms with Crippen molar-refractivity contribution in [3.05, 3.63) is 24.3 Å². The van der Waals surface area contributed by atoms with Gasteiger partial charge in [-0.1, -0.05) is 89.4 Å². The van der Waals surface area contributed by atoms with Gasteiger partial charge in [-0.25, -0.2) is 4.99 Å². The molecule has 0 N–H and O–H groups in total. The average Bonchev–Trinajstić information content (AvgIpc) is 3.04. The van der Waals surface area contributed by atoms with Crippen LogP contribution in [0.5, 0.6) is 0 Å². The number of allylic oxidation sites excluding steroid dienone is 3. The summed E-state index contributed by atoms with van der Waals surface area (Å²) in [6, 6.07) is 0. The predicted octanol–water partition coefficient (Wildman–Crippen LogP) is 6.23. The molecule has 0 aromatic rings. The van der Waals surface area contributed by atoms with E-state index >= 15 is 0 Å². The van der Waals surface area contributed by atoms with Gasteiger partial charge in [0.05, 0.1) is 6.54 Å². The Morgan fingerprint density at radius 2 is 1.50 bits per heavy atom. The highest BCUT2D eigenvalue weighted by Gasteiger charge is 2.00. The molecule has 1 heterocycles. The Kier molecular flexibility index (Phi) is 12.8. The molecule has 0 amide bonds. The van der Waals surface area contributed by atoms with Crippen molar-refractivity contribution in [2.45, 2.75) is 84.0 Å². The highest BCUT2D eigenvalue weighted by atomic mass is 16.5. The smallest absolute Gasteiger partial charge is 0.208 e. The molecule has 0 aliphatic carbocycles. The van der Waals surface area contributed by atoms with Crippen LogP contribution in [-0.2, 0) is 4.74 Å². The predicted molar refractivity (Wildman–Crippen MR) is 97.6 cm³/mol. The summed E-state index contributed by atoms with van der Waals surface area (Å²) in [6.45, 7) is 3.83. The molecule has 0 spiro atoms. The Bertz CT molecular complexity index is 331. The van der Waals surface area contributed by atoms with E-state index in [-0.39, 0.29) is 0 Å². The van der Waals surface area contributed by atoms with Gasteiger partial charge in [0.2, 0.25) is 5.90 Å². The first-order valence-corrected chi connectivity index (χ1v) is 9.44. The van der Waals surface area contributed by atoms with Crippen LogP contribution >= 0.6 is 0 Å². The molecule has 2 nitrogen and oxygen atoms in total. The van der Waals surface area contributed by atoms with E-state index in [9.17, 15) is 0 Å². The third-order valence-electron chi connectivity index (χ3n) is 4.07. The molecule has 0 fully saturated rings. The minimum Gasteiger partial charge on any atom is -0.476 e. The largest absolute Gasteiger partial charge is 0.476 e. The van der Waals surface area contributed by atoms with Crippen LogP contribution in [0.2, 0.25) is 0 Å². The van der Waals surface area contributed by atoms with Crippen LogP contribution in [0.3, 0.4) is 0 Å². The van der Waals surface area contributed by atoms with E-state index in [2.05, 4.69) is 24.1 Å². The number of hydrogen-bond acceptors (Lipinski definition) is 2. The molecule has 22 heavy (non-hydrogen) atoms. The fraction of sp³-hybridized carbons (Fsp3) is 0.750. The third kappa shape index (κ3) is 11.6. The molecule has 1 aliphatic heterocycles. The van der Waals surface area contributed by atoms with Gasteiger partial charge in [0.25, 0.3) is 0 Å². The summed E-state index contributed by atoms with van der Waals surface area (Å²) >= 11 is 0. The standard InChI is InChI=1S/C20H35NO/c1-2-3-4-5-6-7-8-9-10-11-12-13-14-15-16-17-20-21-18-19-22-20/h14-17H,2-13,18-19H2,1H3. The van der Waals surface area contributed by atoms with Crippen molar-refractivity contribution in [1.29, 1.82) is 0 Å². The molecule has 126 valence electrons. The van der Waals surface area contributed by atoms with Gasteiger partial charge in [0.15, 0.2) is 0 Å². The van der Waals surface area contributed by atoms with Gasteiger partial charge >= 0.3 is 0 Å². The summed E-state index contributed by atoms with van der Waals surface area (Å²) in [5.74, 6) is 0.777. The normalized spacial score (nSPS) is 14.9. The molecule has 0 unspecified atom stereocenters. The lowest BCUT2D eigenvalue weighted by Gasteiger charge is -2.01. The maximum Gasteiger partial charge on any atom is 0.208 e. The van der Waals surface area contributed by atoms with Crippen LogP contribution in [0.1, 0.15) is 84.0 Å². The molecule has 1 rings (SSSR count). The van der Waals surface area contributed by atoms with E-state index in [1.54, 1.807) is 0 Å². The van der Waals surface area contributed by atoms with Gasteiger partial charge in [-0.2, -0.15) is 0 Å². The van der Waals surface area contributed by atoms with E-state index in [0.29, 0.717) is 0 Å². The molecule has 0 aromatic carbocycles. The number of nitrogens with zero attached hydrogens (tertiary/aromatic N) is 1. The van der Waals surface area contributed by atoms with Crippen molar-refractivity contribution in [3.8, 4) is 0 Å². The second-order valence-electron chi connectivity index (χ2n) is 6.18. The van der Waals surface area contributed by atoms with Crippen LogP contribution in [0.25, 0.3) is 0 Å². The van der Waals surface area contributed by atoms with E-state index in [4.69, 9.17) is 4.74 Å². The van der Waals surface area contributed by atoms with Crippen molar-refractivity contribution in [2.75, 3.05) is 13.2 Å². The van der Waals surface area contributed by atoms with Gasteiger partial charge in [-0.05, 0) is 18.9 Å². The van der Waals surface area contributed by atoms with Gasteiger partial charge in [-0.3, -0.25) is 0 Å². The van der Waals surface area contributed by atoms with Gasteiger partial charge in [-0.15, -0.1) is 0 Å². The first-order valence-electron chi connectivity index (χ1n) is 9.44. The molecular weight excluding hydrogens is 270 g/mol. The summed E-state index contributed by atoms with van der Waals surface area (Å²) < 4.78 is 5.30. The lowest BCUT2D eigenvalue weighted by molar-refractivity contribution is 0.350. The van der Waals surface area contributed by atoms with Crippen molar-refractivity contribution in [3.63, 3.8) is 0 Å². The Labute approximate surface area is 137 Å². The number of ether oxygens (including phenoxy) is 1. The molecule has 0 bridgehead atoms. The zero-order valence-electron chi connectivity index (χ0n) is 14.6. The van der Waals surface area contributed by atoms with Crippen LogP contribution in [0, 0.1) is 0 Å². The highest BCUT2D eigenvalue weighted by molar-refractivity contribution is 5.88. The molecule has 2 heteroatoms. The van der Waals surface area contributed by atoms with Gasteiger partial charge in [0, 0.05) is 0 Å². The Morgan fingerprint density at radius 3 is 2.09 bits per heavy atom. The third-order valence-corrected chi connectivity index (χ3v) is 4.07. The van der Waals surface area contributed by atoms with Crippen molar-refractivity contribution >= 4 is 5.90 Å². The minimum absolute atomic E-state index is 0.738. The first-order chi connectivity index (χ1) is 10.9. The van der Waals surface area contributed by atoms with Crippen molar-refractivity contribution in [2.24, 2.45) is 4.99 Å². The molecule has 0 atom stereocenters. The molecule has 0 radical (unpaired) electrons. The summed E-state index contributed by atoms with van der Waals surface area (Å²) in [4.78, 5) is 4.21. The monoisotopic (exact) mass is 305 g/mol. The maximum absolute atomic E-state index is 5.30. The molecular formula is C20H35NO. The Hall–Kier alpha value is -1.05. The summed E-state index contributed by atoms with van der Waals surface area (Å²) in [6.07, 6.45) is 25.0. The number of hydrogen-bond donors (Lipinski definition) is 0. The topological polar surface area (TPSA) is 21.6 Å². The molecule has 0 saturated carbocycles. The second kappa shape index (κ2) is 14.9. The highest BCUT2D eigenvalue weighted by Crippen LogP contribution is 2.12. The SMILES string of the molecule is CCCCCCCCCCCCCC=CC=CC1=NCCO1. The molecule has 1 aliphatic rings. The first kappa shape index (κ1) is 19.0. The van der Waals surface area contributed by atoms with E-state index in [1.807, 2.05) is 12.2 Å². The Morgan fingerprint density at radius 1 is 0.864 bits per heavy atom. The maximum atomic E-state index is 5.30. The van der Waals surface area contributed by atoms with Crippen molar-refractivity contribution < 1.29 is 4.74 Å². The zero-order valence-corrected chi connectivity index (χ0v) is 14.6. The van der Waals surface area contributed by atoms with Crippen LogP contribution in [0.15, 0.2) is 29.3 Å². The van der Waals surface area contributed by atoms with Gasteiger partial charge < -0.3 is 4.74 Å². The number of unbranched alkanes of at least 4 members (excludes halogenated alkanes) is 11. The Balaban J connectivity index is 1.77.